The lowest BCUT2D eigenvalue weighted by Crippen LogP contribution is -2.48. The lowest BCUT2D eigenvalue weighted by atomic mass is 9.93. The largest absolute Gasteiger partial charge is 0.861 e. The molecule has 1 aliphatic carbocycles. The van der Waals surface area contributed by atoms with Gasteiger partial charge in [0.2, 0.25) is 11.3 Å². The number of aliphatic imine (C=N–C) groups is 1. The van der Waals surface area contributed by atoms with Gasteiger partial charge in [0.1, 0.15) is 6.10 Å². The Balaban J connectivity index is 1.49. The van der Waals surface area contributed by atoms with Gasteiger partial charge in [-0.15, -0.1) is 0 Å². The Morgan fingerprint density at radius 3 is 2.70 bits per heavy atom. The molecule has 3 aromatic rings. The van der Waals surface area contributed by atoms with Crippen molar-refractivity contribution >= 4 is 29.2 Å². The van der Waals surface area contributed by atoms with Crippen LogP contribution in [0.25, 0.3) is 0 Å². The molecule has 0 spiro atoms. The number of carbonyl (C=O) groups excluding carboxylic acids is 1. The molecule has 0 saturated heterocycles. The number of rotatable bonds is 6. The molecule has 0 bridgehead atoms. The summed E-state index contributed by atoms with van der Waals surface area (Å²) in [7, 11) is 0. The predicted octanol–water partition coefficient (Wildman–Crippen LogP) is 4.04. The molecule has 1 heterocycles. The first-order valence-electron chi connectivity index (χ1n) is 11.7. The molecular formula is C25H26F3N5O4. The molecule has 0 aliphatic heterocycles. The van der Waals surface area contributed by atoms with E-state index in [9.17, 15) is 28.2 Å². The van der Waals surface area contributed by atoms with Gasteiger partial charge in [-0.1, -0.05) is 30.7 Å². The Morgan fingerprint density at radius 2 is 1.97 bits per heavy atom. The van der Waals surface area contributed by atoms with E-state index in [1.165, 1.54) is 16.9 Å². The number of alkyl halides is 3. The van der Waals surface area contributed by atoms with Gasteiger partial charge >= 0.3 is 18.1 Å². The lowest BCUT2D eigenvalue weighted by molar-refractivity contribution is -0.792. The Labute approximate surface area is 210 Å². The Kier molecular flexibility index (Phi) is 7.77. The fourth-order valence-corrected chi connectivity index (χ4v) is 4.21. The van der Waals surface area contributed by atoms with Crippen LogP contribution in [0.2, 0.25) is 0 Å². The van der Waals surface area contributed by atoms with E-state index in [1.54, 1.807) is 12.1 Å². The molecule has 0 unspecified atom stereocenters. The van der Waals surface area contributed by atoms with Crippen LogP contribution in [-0.4, -0.2) is 28.4 Å². The van der Waals surface area contributed by atoms with Crippen LogP contribution in [0.3, 0.4) is 0 Å². The van der Waals surface area contributed by atoms with Crippen LogP contribution in [0.4, 0.5) is 35.2 Å². The zero-order valence-electron chi connectivity index (χ0n) is 20.0. The molecule has 37 heavy (non-hydrogen) atoms. The minimum absolute atomic E-state index is 0.0550. The van der Waals surface area contributed by atoms with Gasteiger partial charge in [0, 0.05) is 18.5 Å². The van der Waals surface area contributed by atoms with Gasteiger partial charge in [-0.25, -0.2) is 4.79 Å². The molecule has 4 rings (SSSR count). The second-order valence-electron chi connectivity index (χ2n) is 8.92. The molecule has 2 atom stereocenters. The number of anilines is 2. The predicted molar refractivity (Wildman–Crippen MR) is 126 cm³/mol. The second-order valence-corrected chi connectivity index (χ2v) is 8.92. The summed E-state index contributed by atoms with van der Waals surface area (Å²) >= 11 is 0. The highest BCUT2D eigenvalue weighted by Crippen LogP contribution is 2.34. The molecule has 1 aromatic heterocycles. The number of aliphatic hydroxyl groups is 1. The summed E-state index contributed by atoms with van der Waals surface area (Å²) < 4.78 is 46.9. The van der Waals surface area contributed by atoms with Crippen molar-refractivity contribution in [2.45, 2.75) is 57.3 Å². The molecule has 12 heteroatoms. The number of amides is 2. The first-order chi connectivity index (χ1) is 17.6. The number of aliphatic hydroxyl groups excluding tert-OH is 1. The van der Waals surface area contributed by atoms with Crippen molar-refractivity contribution in [1.29, 1.82) is 0 Å². The summed E-state index contributed by atoms with van der Waals surface area (Å²) in [6.45, 7) is 1.82. The average Bonchev–Trinajstić information content (AvgIpc) is 3.28. The number of aromatic nitrogens is 2. The van der Waals surface area contributed by atoms with Gasteiger partial charge in [-0.2, -0.15) is 13.2 Å². The van der Waals surface area contributed by atoms with E-state index in [-0.39, 0.29) is 29.7 Å². The van der Waals surface area contributed by atoms with Crippen molar-refractivity contribution in [3.05, 3.63) is 65.4 Å². The van der Waals surface area contributed by atoms with Crippen LogP contribution < -0.4 is 20.4 Å². The Bertz CT molecular complexity index is 1290. The summed E-state index contributed by atoms with van der Waals surface area (Å²) in [5.41, 5.74) is 0.0424. The minimum Gasteiger partial charge on any atom is -0.861 e. The van der Waals surface area contributed by atoms with E-state index >= 15 is 0 Å². The van der Waals surface area contributed by atoms with E-state index in [1.807, 2.05) is 19.1 Å². The van der Waals surface area contributed by atoms with Crippen molar-refractivity contribution in [3.8, 4) is 0 Å². The Hall–Kier alpha value is -3.93. The van der Waals surface area contributed by atoms with E-state index in [0.29, 0.717) is 18.4 Å². The SMILES string of the molecule is Cc1ccccc1CC([O-])=Nc1cc(NC(=O)Nc2c[n+]([C@@H]3CCCC[C@H]3O)no2)cc(C(F)(F)F)c1. The average molecular weight is 518 g/mol. The maximum atomic E-state index is 13.5. The van der Waals surface area contributed by atoms with Crippen molar-refractivity contribution in [2.75, 3.05) is 10.6 Å². The number of nitrogens with one attached hydrogen (secondary N) is 2. The number of nitrogens with zero attached hydrogens (tertiary/aromatic N) is 3. The van der Waals surface area contributed by atoms with E-state index in [0.717, 1.165) is 30.5 Å². The molecule has 196 valence electrons. The highest BCUT2D eigenvalue weighted by atomic mass is 19.4. The van der Waals surface area contributed by atoms with E-state index in [4.69, 9.17) is 4.52 Å². The highest BCUT2D eigenvalue weighted by Gasteiger charge is 2.34. The van der Waals surface area contributed by atoms with Crippen LogP contribution in [0, 0.1) is 6.92 Å². The third kappa shape index (κ3) is 6.85. The van der Waals surface area contributed by atoms with Crippen LogP contribution in [0.1, 0.15) is 48.4 Å². The molecule has 1 saturated carbocycles. The van der Waals surface area contributed by atoms with E-state index < -0.39 is 29.8 Å². The number of urea groups is 1. The third-order valence-corrected chi connectivity index (χ3v) is 6.11. The third-order valence-electron chi connectivity index (χ3n) is 6.11. The molecule has 1 aliphatic rings. The van der Waals surface area contributed by atoms with Gasteiger partial charge in [0.25, 0.3) is 6.20 Å². The summed E-state index contributed by atoms with van der Waals surface area (Å²) in [6.07, 6.45) is -0.842. The first-order valence-corrected chi connectivity index (χ1v) is 11.7. The van der Waals surface area contributed by atoms with Crippen molar-refractivity contribution in [1.82, 2.24) is 5.27 Å². The van der Waals surface area contributed by atoms with Crippen LogP contribution in [0.15, 0.2) is 58.2 Å². The van der Waals surface area contributed by atoms with Gasteiger partial charge in [0.15, 0.2) is 0 Å². The molecular weight excluding hydrogens is 491 g/mol. The molecule has 1 fully saturated rings. The quantitative estimate of drug-likeness (QED) is 0.258. The van der Waals surface area contributed by atoms with Crippen LogP contribution in [-0.2, 0) is 12.6 Å². The van der Waals surface area contributed by atoms with E-state index in [2.05, 4.69) is 20.9 Å². The molecule has 2 aromatic carbocycles. The zero-order chi connectivity index (χ0) is 26.6. The number of halogens is 3. The fraction of sp³-hybridized carbons (Fsp3) is 0.360. The standard InChI is InChI=1S/C25H26F3N5O4/c1-15-6-2-3-7-16(15)10-22(35)29-18-11-17(25(26,27)28)12-19(13-18)30-24(36)31-23-14-33(32-37-23)20-8-4-5-9-21(20)34/h2-3,6-7,11-14,20-21,34H,4-5,8-10H2,1H3,(H2-,29,30,31,32,35,36)/t20-,21-/m1/s1. The van der Waals surface area contributed by atoms with Crippen molar-refractivity contribution in [3.63, 3.8) is 0 Å². The minimum atomic E-state index is -4.73. The Morgan fingerprint density at radius 1 is 1.22 bits per heavy atom. The summed E-state index contributed by atoms with van der Waals surface area (Å²) in [6, 6.07) is 8.61. The maximum Gasteiger partial charge on any atom is 0.416 e. The molecule has 9 nitrogen and oxygen atoms in total. The van der Waals surface area contributed by atoms with Gasteiger partial charge in [-0.05, 0) is 59.7 Å². The normalized spacial score (nSPS) is 18.5. The number of hydrogen-bond acceptors (Lipinski definition) is 6. The summed E-state index contributed by atoms with van der Waals surface area (Å²) in [5, 5.41) is 31.1. The second kappa shape index (κ2) is 11.0. The summed E-state index contributed by atoms with van der Waals surface area (Å²) in [5.74, 6) is -0.680. The summed E-state index contributed by atoms with van der Waals surface area (Å²) in [4.78, 5) is 16.3. The van der Waals surface area contributed by atoms with Gasteiger partial charge < -0.3 is 15.5 Å². The lowest BCUT2D eigenvalue weighted by Gasteiger charge is -2.19. The number of carbonyl (C=O) groups is 1. The number of aryl methyl sites for hydroxylation is 1. The van der Waals surface area contributed by atoms with Crippen LogP contribution >= 0.6 is 0 Å². The maximum absolute atomic E-state index is 13.5. The monoisotopic (exact) mass is 517 g/mol. The number of benzene rings is 2. The zero-order valence-corrected chi connectivity index (χ0v) is 20.0. The highest BCUT2D eigenvalue weighted by molar-refractivity contribution is 5.99. The molecule has 3 N–H and O–H groups in total. The molecule has 0 radical (unpaired) electrons. The van der Waals surface area contributed by atoms with Crippen molar-refractivity contribution < 1.29 is 37.4 Å². The van der Waals surface area contributed by atoms with Crippen LogP contribution in [0.5, 0.6) is 0 Å². The smallest absolute Gasteiger partial charge is 0.416 e. The van der Waals surface area contributed by atoms with Crippen molar-refractivity contribution in [2.24, 2.45) is 4.99 Å². The van der Waals surface area contributed by atoms with Gasteiger partial charge in [0.05, 0.1) is 11.3 Å². The topological polar surface area (TPSA) is 127 Å². The fourth-order valence-electron chi connectivity index (χ4n) is 4.21. The van der Waals surface area contributed by atoms with Gasteiger partial charge in [-0.3, -0.25) is 14.8 Å². The molecule has 2 amide bonds. The first kappa shape index (κ1) is 26.1. The number of hydrogen-bond donors (Lipinski definition) is 3.